The smallest absolute Gasteiger partial charge is 0.292 e. The highest BCUT2D eigenvalue weighted by Crippen LogP contribution is 2.04. The second kappa shape index (κ2) is 6.88. The van der Waals surface area contributed by atoms with Crippen molar-refractivity contribution in [1.29, 1.82) is 0 Å². The fourth-order valence-corrected chi connectivity index (χ4v) is 0.940. The van der Waals surface area contributed by atoms with Gasteiger partial charge < -0.3 is 5.02 Å². The van der Waals surface area contributed by atoms with Crippen molar-refractivity contribution in [3.63, 3.8) is 0 Å². The summed E-state index contributed by atoms with van der Waals surface area (Å²) in [4.78, 5) is 0. The summed E-state index contributed by atoms with van der Waals surface area (Å²) in [5, 5.41) is 9.20. The molecule has 0 saturated heterocycles. The van der Waals surface area contributed by atoms with Gasteiger partial charge in [0.1, 0.15) is 0 Å². The summed E-state index contributed by atoms with van der Waals surface area (Å²) in [5.41, 5.74) is 0. The molecule has 0 aromatic carbocycles. The van der Waals surface area contributed by atoms with E-state index in [9.17, 15) is 5.02 Å². The Morgan fingerprint density at radius 3 is 2.70 bits per heavy atom. The first kappa shape index (κ1) is 9.76. The van der Waals surface area contributed by atoms with Gasteiger partial charge in [-0.3, -0.25) is 0 Å². The van der Waals surface area contributed by atoms with E-state index in [2.05, 4.69) is 13.5 Å². The maximum Gasteiger partial charge on any atom is 0.292 e. The van der Waals surface area contributed by atoms with Crippen LogP contribution in [0, 0.1) is 0 Å². The summed E-state index contributed by atoms with van der Waals surface area (Å²) in [6, 6.07) is 0. The average molecular weight is 140 g/mol. The average Bonchev–Trinajstić information content (AvgIpc) is 1.89. The summed E-state index contributed by atoms with van der Waals surface area (Å²) >= 11 is 0. The lowest BCUT2D eigenvalue weighted by molar-refractivity contribution is 0.563. The second-order valence-electron chi connectivity index (χ2n) is 2.67. The van der Waals surface area contributed by atoms with E-state index in [-0.39, 0.29) is 6.92 Å². The van der Waals surface area contributed by atoms with E-state index in [1.165, 1.54) is 12.8 Å². The Bertz CT molecular complexity index is 83.3. The van der Waals surface area contributed by atoms with Crippen LogP contribution in [0.4, 0.5) is 0 Å². The quantitative estimate of drug-likeness (QED) is 0.341. The van der Waals surface area contributed by atoms with E-state index in [1.54, 1.807) is 6.08 Å². The Hall–Kier alpha value is -0.235. The van der Waals surface area contributed by atoms with Gasteiger partial charge in [-0.25, -0.2) is 0 Å². The Morgan fingerprint density at radius 2 is 2.20 bits per heavy atom. The fraction of sp³-hybridized carbons (Fsp3) is 0.750. The maximum absolute atomic E-state index is 9.20. The molecule has 0 heterocycles. The maximum atomic E-state index is 9.20. The predicted octanol–water partition coefficient (Wildman–Crippen LogP) is 2.35. The van der Waals surface area contributed by atoms with Crippen LogP contribution in [0.2, 0.25) is 12.6 Å². The van der Waals surface area contributed by atoms with Crippen molar-refractivity contribution >= 4 is 6.92 Å². The van der Waals surface area contributed by atoms with E-state index in [0.29, 0.717) is 0 Å². The number of allylic oxidation sites excluding steroid dienone is 1. The Kier molecular flexibility index (Phi) is 6.72. The standard InChI is InChI=1S/C8H17BO/c1-3-5-6-8-9(10)7-4-2/h4,10H,2-3,5-8H2,1H3. The summed E-state index contributed by atoms with van der Waals surface area (Å²) in [6.45, 7) is 5.59. The lowest BCUT2D eigenvalue weighted by Gasteiger charge is -2.00. The van der Waals surface area contributed by atoms with Crippen LogP contribution >= 0.6 is 0 Å². The third-order valence-corrected chi connectivity index (χ3v) is 1.58. The van der Waals surface area contributed by atoms with E-state index in [4.69, 9.17) is 0 Å². The molecule has 0 bridgehead atoms. The molecule has 0 amide bonds. The SMILES string of the molecule is C=CCB(O)CCCCC. The monoisotopic (exact) mass is 140 g/mol. The molecule has 0 saturated carbocycles. The van der Waals surface area contributed by atoms with Gasteiger partial charge in [-0.05, 0) is 12.6 Å². The third kappa shape index (κ3) is 5.89. The van der Waals surface area contributed by atoms with Gasteiger partial charge in [0.2, 0.25) is 0 Å². The van der Waals surface area contributed by atoms with Crippen LogP contribution in [-0.4, -0.2) is 11.9 Å². The first-order valence-electron chi connectivity index (χ1n) is 4.10. The molecule has 1 N–H and O–H groups in total. The molecule has 0 fully saturated rings. The summed E-state index contributed by atoms with van der Waals surface area (Å²) < 4.78 is 0. The zero-order valence-electron chi connectivity index (χ0n) is 6.84. The fourth-order valence-electron chi connectivity index (χ4n) is 0.940. The molecule has 0 aliphatic carbocycles. The summed E-state index contributed by atoms with van der Waals surface area (Å²) in [7, 11) is 0. The van der Waals surface area contributed by atoms with Crippen LogP contribution in [0.25, 0.3) is 0 Å². The molecule has 0 atom stereocenters. The molecule has 0 rings (SSSR count). The van der Waals surface area contributed by atoms with Crippen molar-refractivity contribution in [1.82, 2.24) is 0 Å². The summed E-state index contributed by atoms with van der Waals surface area (Å²) in [5.74, 6) is 0. The minimum Gasteiger partial charge on any atom is -0.450 e. The minimum absolute atomic E-state index is 0.149. The van der Waals surface area contributed by atoms with Gasteiger partial charge >= 0.3 is 0 Å². The lowest BCUT2D eigenvalue weighted by atomic mass is 9.61. The molecule has 0 unspecified atom stereocenters. The first-order valence-corrected chi connectivity index (χ1v) is 4.10. The van der Waals surface area contributed by atoms with Crippen LogP contribution in [0.3, 0.4) is 0 Å². The van der Waals surface area contributed by atoms with E-state index in [0.717, 1.165) is 19.1 Å². The van der Waals surface area contributed by atoms with Gasteiger partial charge in [-0.15, -0.1) is 6.58 Å². The summed E-state index contributed by atoms with van der Waals surface area (Å²) in [6.07, 6.45) is 7.04. The highest BCUT2D eigenvalue weighted by Gasteiger charge is 2.05. The first-order chi connectivity index (χ1) is 4.81. The Labute approximate surface area is 64.3 Å². The number of unbranched alkanes of at least 4 members (excludes halogenated alkanes) is 2. The van der Waals surface area contributed by atoms with Gasteiger partial charge in [-0.1, -0.05) is 32.3 Å². The molecule has 0 aliphatic rings. The molecule has 2 heteroatoms. The Morgan fingerprint density at radius 1 is 1.50 bits per heavy atom. The molecule has 10 heavy (non-hydrogen) atoms. The normalized spacial score (nSPS) is 9.40. The zero-order chi connectivity index (χ0) is 7.82. The van der Waals surface area contributed by atoms with E-state index < -0.39 is 0 Å². The molecule has 0 aliphatic heterocycles. The van der Waals surface area contributed by atoms with E-state index in [1.807, 2.05) is 0 Å². The lowest BCUT2D eigenvalue weighted by Crippen LogP contribution is -2.08. The topological polar surface area (TPSA) is 20.2 Å². The number of hydrogen-bond acceptors (Lipinski definition) is 1. The van der Waals surface area contributed by atoms with Crippen molar-refractivity contribution in [3.8, 4) is 0 Å². The van der Waals surface area contributed by atoms with Gasteiger partial charge in [0.15, 0.2) is 0 Å². The molecule has 0 aromatic heterocycles. The predicted molar refractivity (Wildman–Crippen MR) is 47.3 cm³/mol. The van der Waals surface area contributed by atoms with Crippen molar-refractivity contribution in [2.24, 2.45) is 0 Å². The van der Waals surface area contributed by atoms with Crippen molar-refractivity contribution in [3.05, 3.63) is 12.7 Å². The molecule has 0 aromatic rings. The second-order valence-corrected chi connectivity index (χ2v) is 2.67. The molecular formula is C8H17BO. The highest BCUT2D eigenvalue weighted by molar-refractivity contribution is 6.50. The van der Waals surface area contributed by atoms with Crippen LogP contribution in [0.1, 0.15) is 26.2 Å². The molecule has 58 valence electrons. The van der Waals surface area contributed by atoms with Crippen molar-refractivity contribution in [2.45, 2.75) is 38.8 Å². The minimum atomic E-state index is -0.149. The number of rotatable bonds is 6. The Balaban J connectivity index is 3.04. The molecule has 0 spiro atoms. The largest absolute Gasteiger partial charge is 0.450 e. The van der Waals surface area contributed by atoms with Gasteiger partial charge in [0.25, 0.3) is 6.92 Å². The van der Waals surface area contributed by atoms with Crippen molar-refractivity contribution in [2.75, 3.05) is 0 Å². The van der Waals surface area contributed by atoms with Crippen LogP contribution < -0.4 is 0 Å². The highest BCUT2D eigenvalue weighted by atomic mass is 16.2. The van der Waals surface area contributed by atoms with Gasteiger partial charge in [0.05, 0.1) is 0 Å². The van der Waals surface area contributed by atoms with Crippen molar-refractivity contribution < 1.29 is 5.02 Å². The third-order valence-electron chi connectivity index (χ3n) is 1.58. The molecular weight excluding hydrogens is 123 g/mol. The molecule has 1 nitrogen and oxygen atoms in total. The van der Waals surface area contributed by atoms with Crippen LogP contribution in [0.15, 0.2) is 12.7 Å². The van der Waals surface area contributed by atoms with E-state index >= 15 is 0 Å². The molecule has 0 radical (unpaired) electrons. The zero-order valence-corrected chi connectivity index (χ0v) is 6.84. The number of hydrogen-bond donors (Lipinski definition) is 1. The van der Waals surface area contributed by atoms with Crippen LogP contribution in [0.5, 0.6) is 0 Å². The van der Waals surface area contributed by atoms with Crippen LogP contribution in [-0.2, 0) is 0 Å². The van der Waals surface area contributed by atoms with Gasteiger partial charge in [0, 0.05) is 0 Å². The van der Waals surface area contributed by atoms with Gasteiger partial charge in [-0.2, -0.15) is 0 Å².